The Balaban J connectivity index is 1.89. The van der Waals surface area contributed by atoms with Crippen molar-refractivity contribution in [3.8, 4) is 0 Å². The zero-order valence-corrected chi connectivity index (χ0v) is 16.0. The molecule has 1 heterocycles. The highest BCUT2D eigenvalue weighted by Crippen LogP contribution is 2.22. The van der Waals surface area contributed by atoms with Crippen molar-refractivity contribution in [2.24, 2.45) is 7.05 Å². The number of hydrogen-bond donors (Lipinski definition) is 1. The van der Waals surface area contributed by atoms with E-state index in [2.05, 4.69) is 9.82 Å². The van der Waals surface area contributed by atoms with Gasteiger partial charge in [0.2, 0.25) is 10.0 Å². The number of benzene rings is 2. The molecule has 0 aliphatic carbocycles. The van der Waals surface area contributed by atoms with Crippen molar-refractivity contribution in [2.45, 2.75) is 9.79 Å². The number of hydrogen-bond acceptors (Lipinski definition) is 5. The molecule has 0 saturated carbocycles. The normalized spacial score (nSPS) is 12.6. The molecule has 3 aromatic rings. The first-order valence-electron chi connectivity index (χ1n) is 7.58. The highest BCUT2D eigenvalue weighted by molar-refractivity contribution is 7.92. The van der Waals surface area contributed by atoms with E-state index < -0.39 is 20.0 Å². The molecular formula is C16H18N4O4S2. The Kier molecular flexibility index (Phi) is 4.51. The Hall–Kier alpha value is -2.43. The molecule has 1 aromatic heterocycles. The van der Waals surface area contributed by atoms with E-state index in [-0.39, 0.29) is 9.79 Å². The van der Waals surface area contributed by atoms with Crippen LogP contribution < -0.4 is 4.72 Å². The van der Waals surface area contributed by atoms with Gasteiger partial charge in [-0.05, 0) is 42.5 Å². The molecule has 0 atom stereocenters. The number of fused-ring (bicyclic) bond motifs is 1. The van der Waals surface area contributed by atoms with Crippen LogP contribution in [0.5, 0.6) is 0 Å². The molecule has 0 aliphatic rings. The van der Waals surface area contributed by atoms with E-state index in [4.69, 9.17) is 0 Å². The first kappa shape index (κ1) is 18.4. The standard InChI is InChI=1S/C16H18N4O4S2/c1-19(2)26(23,24)15-8-6-14(7-9-15)25(21,22)18-13-5-4-12-11-20(3)17-16(12)10-13/h4-11,18H,1-3H3. The second-order valence-electron chi connectivity index (χ2n) is 5.94. The maximum atomic E-state index is 12.5. The number of nitrogens with one attached hydrogen (secondary N) is 1. The highest BCUT2D eigenvalue weighted by Gasteiger charge is 2.20. The average Bonchev–Trinajstić information content (AvgIpc) is 2.93. The van der Waals surface area contributed by atoms with Crippen LogP contribution >= 0.6 is 0 Å². The lowest BCUT2D eigenvalue weighted by atomic mass is 10.2. The van der Waals surface area contributed by atoms with Gasteiger partial charge in [0.15, 0.2) is 0 Å². The third-order valence-electron chi connectivity index (χ3n) is 3.79. The van der Waals surface area contributed by atoms with E-state index in [1.807, 2.05) is 6.20 Å². The number of sulfonamides is 2. The number of anilines is 1. The van der Waals surface area contributed by atoms with E-state index in [1.165, 1.54) is 38.4 Å². The molecule has 1 N–H and O–H groups in total. The zero-order valence-electron chi connectivity index (χ0n) is 14.4. The van der Waals surface area contributed by atoms with Crippen molar-refractivity contribution >= 4 is 36.6 Å². The summed E-state index contributed by atoms with van der Waals surface area (Å²) in [4.78, 5) is -0.00678. The van der Waals surface area contributed by atoms with Crippen LogP contribution in [0, 0.1) is 0 Å². The van der Waals surface area contributed by atoms with Gasteiger partial charge in [-0.25, -0.2) is 21.1 Å². The molecule has 0 saturated heterocycles. The van der Waals surface area contributed by atoms with E-state index in [0.717, 1.165) is 9.69 Å². The number of rotatable bonds is 5. The minimum Gasteiger partial charge on any atom is -0.280 e. The van der Waals surface area contributed by atoms with Crippen LogP contribution in [0.15, 0.2) is 58.5 Å². The second kappa shape index (κ2) is 6.38. The van der Waals surface area contributed by atoms with Gasteiger partial charge >= 0.3 is 0 Å². The summed E-state index contributed by atoms with van der Waals surface area (Å²) < 4.78 is 54.4. The number of aryl methyl sites for hydroxylation is 1. The fraction of sp³-hybridized carbons (Fsp3) is 0.188. The molecule has 0 fully saturated rings. The van der Waals surface area contributed by atoms with Gasteiger partial charge in [-0.2, -0.15) is 5.10 Å². The van der Waals surface area contributed by atoms with Crippen molar-refractivity contribution < 1.29 is 16.8 Å². The molecule has 0 radical (unpaired) electrons. The van der Waals surface area contributed by atoms with Gasteiger partial charge < -0.3 is 0 Å². The minimum atomic E-state index is -3.85. The van der Waals surface area contributed by atoms with Crippen molar-refractivity contribution in [3.05, 3.63) is 48.7 Å². The first-order valence-corrected chi connectivity index (χ1v) is 10.5. The summed E-state index contributed by atoms with van der Waals surface area (Å²) in [5.74, 6) is 0. The van der Waals surface area contributed by atoms with Crippen LogP contribution in [0.1, 0.15) is 0 Å². The summed E-state index contributed by atoms with van der Waals surface area (Å²) in [5, 5.41) is 5.14. The van der Waals surface area contributed by atoms with Crippen LogP contribution in [0.4, 0.5) is 5.69 Å². The van der Waals surface area contributed by atoms with Gasteiger partial charge in [-0.1, -0.05) is 0 Å². The van der Waals surface area contributed by atoms with E-state index >= 15 is 0 Å². The summed E-state index contributed by atoms with van der Waals surface area (Å²) in [6.45, 7) is 0. The van der Waals surface area contributed by atoms with Gasteiger partial charge in [0.05, 0.1) is 21.0 Å². The summed E-state index contributed by atoms with van der Waals surface area (Å²) in [6, 6.07) is 10.1. The molecule has 8 nitrogen and oxygen atoms in total. The fourth-order valence-electron chi connectivity index (χ4n) is 2.42. The van der Waals surface area contributed by atoms with Crippen LogP contribution in [0.3, 0.4) is 0 Å². The lowest BCUT2D eigenvalue weighted by Gasteiger charge is -2.12. The SMILES string of the molecule is CN(C)S(=O)(=O)c1ccc(S(=O)(=O)Nc2ccc3cn(C)nc3c2)cc1. The molecule has 0 bridgehead atoms. The third kappa shape index (κ3) is 3.43. The molecule has 0 spiro atoms. The maximum Gasteiger partial charge on any atom is 0.261 e. The van der Waals surface area contributed by atoms with Gasteiger partial charge in [-0.15, -0.1) is 0 Å². The molecule has 26 heavy (non-hydrogen) atoms. The Morgan fingerprint density at radius 1 is 0.962 bits per heavy atom. The molecule has 0 amide bonds. The number of nitrogens with zero attached hydrogens (tertiary/aromatic N) is 3. The van der Waals surface area contributed by atoms with E-state index in [9.17, 15) is 16.8 Å². The predicted molar refractivity (Wildman–Crippen MR) is 98.8 cm³/mol. The van der Waals surface area contributed by atoms with Gasteiger partial charge in [0.25, 0.3) is 10.0 Å². The zero-order chi connectivity index (χ0) is 19.1. The Labute approximate surface area is 152 Å². The monoisotopic (exact) mass is 394 g/mol. The predicted octanol–water partition coefficient (Wildman–Crippen LogP) is 1.62. The molecule has 138 valence electrons. The van der Waals surface area contributed by atoms with Crippen molar-refractivity contribution in [1.82, 2.24) is 14.1 Å². The van der Waals surface area contributed by atoms with Crippen molar-refractivity contribution in [2.75, 3.05) is 18.8 Å². The van der Waals surface area contributed by atoms with Crippen molar-refractivity contribution in [1.29, 1.82) is 0 Å². The Bertz CT molecular complexity index is 1160. The van der Waals surface area contributed by atoms with Crippen LogP contribution in [-0.2, 0) is 27.1 Å². The van der Waals surface area contributed by atoms with Gasteiger partial charge in [0, 0.05) is 32.7 Å². The third-order valence-corrected chi connectivity index (χ3v) is 7.01. The molecule has 0 unspecified atom stereocenters. The lowest BCUT2D eigenvalue weighted by Crippen LogP contribution is -2.22. The topological polar surface area (TPSA) is 101 Å². The average molecular weight is 394 g/mol. The van der Waals surface area contributed by atoms with E-state index in [0.29, 0.717) is 11.2 Å². The van der Waals surface area contributed by atoms with E-state index in [1.54, 1.807) is 29.9 Å². The lowest BCUT2D eigenvalue weighted by molar-refractivity contribution is 0.520. The Morgan fingerprint density at radius 2 is 1.58 bits per heavy atom. The quantitative estimate of drug-likeness (QED) is 0.709. The molecule has 0 aliphatic heterocycles. The maximum absolute atomic E-state index is 12.5. The first-order chi connectivity index (χ1) is 12.1. The van der Waals surface area contributed by atoms with Crippen molar-refractivity contribution in [3.63, 3.8) is 0 Å². The largest absolute Gasteiger partial charge is 0.280 e. The molecule has 3 rings (SSSR count). The van der Waals surface area contributed by atoms with Crippen LogP contribution in [0.2, 0.25) is 0 Å². The van der Waals surface area contributed by atoms with Gasteiger partial charge in [-0.3, -0.25) is 9.40 Å². The summed E-state index contributed by atoms with van der Waals surface area (Å²) in [7, 11) is -2.85. The summed E-state index contributed by atoms with van der Waals surface area (Å²) in [5.41, 5.74) is 1.04. The summed E-state index contributed by atoms with van der Waals surface area (Å²) >= 11 is 0. The highest BCUT2D eigenvalue weighted by atomic mass is 32.2. The Morgan fingerprint density at radius 3 is 2.19 bits per heavy atom. The second-order valence-corrected chi connectivity index (χ2v) is 9.77. The summed E-state index contributed by atoms with van der Waals surface area (Å²) in [6.07, 6.45) is 1.83. The van der Waals surface area contributed by atoms with Crippen LogP contribution in [0.25, 0.3) is 10.9 Å². The number of aromatic nitrogens is 2. The minimum absolute atomic E-state index is 0.0244. The molecular weight excluding hydrogens is 376 g/mol. The van der Waals surface area contributed by atoms with Crippen LogP contribution in [-0.4, -0.2) is 45.0 Å². The van der Waals surface area contributed by atoms with Gasteiger partial charge in [0.1, 0.15) is 0 Å². The smallest absolute Gasteiger partial charge is 0.261 e. The fourth-order valence-corrected chi connectivity index (χ4v) is 4.37. The molecule has 10 heteroatoms. The molecule has 2 aromatic carbocycles.